The quantitative estimate of drug-likeness (QED) is 0.792. The topological polar surface area (TPSA) is 76.2 Å². The van der Waals surface area contributed by atoms with E-state index in [2.05, 4.69) is 22.2 Å². The molecule has 1 aromatic carbocycles. The van der Waals surface area contributed by atoms with E-state index in [9.17, 15) is 4.79 Å². The molecule has 3 N–H and O–H groups in total. The van der Waals surface area contributed by atoms with Crippen LogP contribution in [0.3, 0.4) is 0 Å². The fraction of sp³-hybridized carbons (Fsp3) is 0.412. The van der Waals surface area contributed by atoms with E-state index in [4.69, 9.17) is 5.73 Å². The number of nitrogens with zero attached hydrogens (tertiary/aromatic N) is 3. The van der Waals surface area contributed by atoms with Crippen LogP contribution >= 0.6 is 24.8 Å². The lowest BCUT2D eigenvalue weighted by Gasteiger charge is -2.31. The van der Waals surface area contributed by atoms with E-state index in [1.807, 2.05) is 10.7 Å². The third-order valence-electron chi connectivity index (χ3n) is 4.41. The summed E-state index contributed by atoms with van der Waals surface area (Å²) in [6.45, 7) is 5.42. The molecule has 1 aromatic heterocycles. The second-order valence-corrected chi connectivity index (χ2v) is 5.91. The maximum absolute atomic E-state index is 12.4. The van der Waals surface area contributed by atoms with Crippen LogP contribution in [0.25, 0.3) is 0 Å². The van der Waals surface area contributed by atoms with Crippen LogP contribution in [0.4, 0.5) is 11.5 Å². The number of likely N-dealkylation sites (tertiary alicyclic amines) is 1. The van der Waals surface area contributed by atoms with E-state index < -0.39 is 0 Å². The summed E-state index contributed by atoms with van der Waals surface area (Å²) in [5, 5.41) is 7.36. The van der Waals surface area contributed by atoms with Crippen molar-refractivity contribution in [2.75, 3.05) is 30.7 Å². The zero-order chi connectivity index (χ0) is 16.2. The van der Waals surface area contributed by atoms with Crippen LogP contribution < -0.4 is 11.1 Å². The van der Waals surface area contributed by atoms with Crippen molar-refractivity contribution in [3.63, 3.8) is 0 Å². The molecular weight excluding hydrogens is 361 g/mol. The van der Waals surface area contributed by atoms with Gasteiger partial charge in [-0.25, -0.2) is 4.68 Å². The van der Waals surface area contributed by atoms with Crippen molar-refractivity contribution < 1.29 is 4.79 Å². The molecule has 6 nitrogen and oxygen atoms in total. The number of aromatic nitrogens is 2. The van der Waals surface area contributed by atoms with Gasteiger partial charge in [0.15, 0.2) is 0 Å². The Labute approximate surface area is 160 Å². The number of halogens is 2. The zero-order valence-corrected chi connectivity index (χ0v) is 15.9. The fourth-order valence-corrected chi connectivity index (χ4v) is 3.05. The van der Waals surface area contributed by atoms with E-state index in [-0.39, 0.29) is 30.7 Å². The van der Waals surface area contributed by atoms with Gasteiger partial charge in [0.25, 0.3) is 5.91 Å². The molecule has 0 radical (unpaired) electrons. The van der Waals surface area contributed by atoms with Crippen LogP contribution in [-0.2, 0) is 0 Å². The number of anilines is 2. The van der Waals surface area contributed by atoms with E-state index in [1.54, 1.807) is 30.5 Å². The summed E-state index contributed by atoms with van der Waals surface area (Å²) in [7, 11) is 0. The van der Waals surface area contributed by atoms with Crippen molar-refractivity contribution in [2.45, 2.75) is 25.8 Å². The van der Waals surface area contributed by atoms with Gasteiger partial charge in [-0.15, -0.1) is 24.8 Å². The molecule has 0 spiro atoms. The van der Waals surface area contributed by atoms with Crippen molar-refractivity contribution in [3.05, 3.63) is 42.1 Å². The molecule has 25 heavy (non-hydrogen) atoms. The highest BCUT2D eigenvalue weighted by Crippen LogP contribution is 2.25. The number of carbonyl (C=O) groups is 1. The van der Waals surface area contributed by atoms with Crippen LogP contribution in [0.15, 0.2) is 36.5 Å². The highest BCUT2D eigenvalue weighted by Gasteiger charge is 2.22. The Kier molecular flexibility index (Phi) is 8.22. The van der Waals surface area contributed by atoms with Crippen molar-refractivity contribution in [2.24, 2.45) is 0 Å². The Balaban J connectivity index is 0.00000156. The lowest BCUT2D eigenvalue weighted by Crippen LogP contribution is -2.35. The molecule has 0 aliphatic carbocycles. The Bertz CT molecular complexity index is 683. The monoisotopic (exact) mass is 385 g/mol. The molecule has 2 heterocycles. The van der Waals surface area contributed by atoms with Gasteiger partial charge in [0, 0.05) is 30.4 Å². The van der Waals surface area contributed by atoms with Crippen LogP contribution in [0.2, 0.25) is 0 Å². The largest absolute Gasteiger partial charge is 0.399 e. The van der Waals surface area contributed by atoms with Gasteiger partial charge in [-0.05, 0) is 37.6 Å². The predicted octanol–water partition coefficient (Wildman–Crippen LogP) is 3.22. The number of nitrogen functional groups attached to an aromatic ring is 1. The molecule has 1 aliphatic rings. The summed E-state index contributed by atoms with van der Waals surface area (Å²) >= 11 is 0. The first-order valence-electron chi connectivity index (χ1n) is 8.10. The molecule has 1 fully saturated rings. The highest BCUT2D eigenvalue weighted by molar-refractivity contribution is 6.04. The Morgan fingerprint density at radius 2 is 2.00 bits per heavy atom. The smallest absolute Gasteiger partial charge is 0.256 e. The molecule has 8 heteroatoms. The standard InChI is InChI=1S/C17H23N5O.2ClH/c1-2-21-10-7-15(8-11-21)22-16(6-9-19-22)20-17(23)13-4-3-5-14(18)12-13;;/h3-6,9,12,15H,2,7-8,10-11,18H2,1H3,(H,20,23);2*1H. The Hall–Kier alpha value is -1.76. The van der Waals surface area contributed by atoms with E-state index in [0.29, 0.717) is 17.3 Å². The zero-order valence-electron chi connectivity index (χ0n) is 14.2. The molecule has 1 saturated heterocycles. The number of amides is 1. The van der Waals surface area contributed by atoms with Gasteiger partial charge in [0.2, 0.25) is 0 Å². The summed E-state index contributed by atoms with van der Waals surface area (Å²) in [4.78, 5) is 14.8. The summed E-state index contributed by atoms with van der Waals surface area (Å²) in [6.07, 6.45) is 3.84. The van der Waals surface area contributed by atoms with Crippen molar-refractivity contribution >= 4 is 42.2 Å². The highest BCUT2D eigenvalue weighted by atomic mass is 35.5. The summed E-state index contributed by atoms with van der Waals surface area (Å²) < 4.78 is 1.94. The average molecular weight is 386 g/mol. The first-order chi connectivity index (χ1) is 11.2. The maximum Gasteiger partial charge on any atom is 0.256 e. The molecule has 0 atom stereocenters. The van der Waals surface area contributed by atoms with Gasteiger partial charge in [0.1, 0.15) is 5.82 Å². The minimum atomic E-state index is -0.162. The van der Waals surface area contributed by atoms with E-state index in [0.717, 1.165) is 38.3 Å². The molecule has 2 aromatic rings. The second-order valence-electron chi connectivity index (χ2n) is 5.91. The molecule has 138 valence electrons. The summed E-state index contributed by atoms with van der Waals surface area (Å²) in [6, 6.07) is 9.16. The van der Waals surface area contributed by atoms with E-state index >= 15 is 0 Å². The predicted molar refractivity (Wildman–Crippen MR) is 106 cm³/mol. The van der Waals surface area contributed by atoms with Gasteiger partial charge >= 0.3 is 0 Å². The van der Waals surface area contributed by atoms with Crippen LogP contribution in [0, 0.1) is 0 Å². The first kappa shape index (κ1) is 21.3. The van der Waals surface area contributed by atoms with E-state index in [1.165, 1.54) is 0 Å². The maximum atomic E-state index is 12.4. The Morgan fingerprint density at radius 1 is 1.28 bits per heavy atom. The molecule has 1 amide bonds. The van der Waals surface area contributed by atoms with Crippen molar-refractivity contribution in [1.29, 1.82) is 0 Å². The van der Waals surface area contributed by atoms with Gasteiger partial charge in [-0.3, -0.25) is 4.79 Å². The van der Waals surface area contributed by atoms with Crippen LogP contribution in [0.5, 0.6) is 0 Å². The molecule has 0 bridgehead atoms. The van der Waals surface area contributed by atoms with Crippen LogP contribution in [0.1, 0.15) is 36.2 Å². The SMILES string of the molecule is CCN1CCC(n2nccc2NC(=O)c2cccc(N)c2)CC1.Cl.Cl. The lowest BCUT2D eigenvalue weighted by molar-refractivity contribution is 0.102. The fourth-order valence-electron chi connectivity index (χ4n) is 3.05. The third kappa shape index (κ3) is 5.11. The number of piperidine rings is 1. The normalized spacial score (nSPS) is 15.1. The second kappa shape index (κ2) is 9.65. The average Bonchev–Trinajstić information content (AvgIpc) is 3.03. The number of rotatable bonds is 4. The molecule has 1 aliphatic heterocycles. The minimum absolute atomic E-state index is 0. The minimum Gasteiger partial charge on any atom is -0.399 e. The molecule has 0 unspecified atom stereocenters. The number of hydrogen-bond donors (Lipinski definition) is 2. The van der Waals surface area contributed by atoms with Gasteiger partial charge in [0.05, 0.1) is 12.2 Å². The summed E-state index contributed by atoms with van der Waals surface area (Å²) in [5.74, 6) is 0.581. The number of nitrogens with two attached hydrogens (primary N) is 1. The number of benzene rings is 1. The Morgan fingerprint density at radius 3 is 2.64 bits per heavy atom. The number of hydrogen-bond acceptors (Lipinski definition) is 4. The van der Waals surface area contributed by atoms with Crippen molar-refractivity contribution in [1.82, 2.24) is 14.7 Å². The number of carbonyl (C=O) groups excluding carboxylic acids is 1. The van der Waals surface area contributed by atoms with Gasteiger partial charge < -0.3 is 16.0 Å². The van der Waals surface area contributed by atoms with Gasteiger partial charge in [-0.2, -0.15) is 5.10 Å². The lowest BCUT2D eigenvalue weighted by atomic mass is 10.1. The first-order valence-corrected chi connectivity index (χ1v) is 8.10. The summed E-state index contributed by atoms with van der Waals surface area (Å²) in [5.41, 5.74) is 6.88. The third-order valence-corrected chi connectivity index (χ3v) is 4.41. The molecule has 3 rings (SSSR count). The van der Waals surface area contributed by atoms with Crippen LogP contribution in [-0.4, -0.2) is 40.2 Å². The van der Waals surface area contributed by atoms with Gasteiger partial charge in [-0.1, -0.05) is 13.0 Å². The molecular formula is C17H25Cl2N5O. The van der Waals surface area contributed by atoms with Crippen molar-refractivity contribution in [3.8, 4) is 0 Å². The number of nitrogens with one attached hydrogen (secondary N) is 1. The molecule has 0 saturated carbocycles.